The van der Waals surface area contributed by atoms with E-state index in [9.17, 15) is 9.59 Å². The highest BCUT2D eigenvalue weighted by molar-refractivity contribution is 9.10. The van der Waals surface area contributed by atoms with Crippen molar-refractivity contribution in [3.05, 3.63) is 81.3 Å². The van der Waals surface area contributed by atoms with Gasteiger partial charge < -0.3 is 20.9 Å². The molecule has 9 heteroatoms. The van der Waals surface area contributed by atoms with Gasteiger partial charge in [-0.1, -0.05) is 54.4 Å². The molecule has 0 atom stereocenters. The molecule has 192 valence electrons. The average molecular weight is 583 g/mol. The summed E-state index contributed by atoms with van der Waals surface area (Å²) in [7, 11) is 0. The van der Waals surface area contributed by atoms with Gasteiger partial charge in [-0.25, -0.2) is 4.98 Å². The fraction of sp³-hybridized carbons (Fsp3) is 0.250. The van der Waals surface area contributed by atoms with Gasteiger partial charge in [0.2, 0.25) is 11.9 Å². The summed E-state index contributed by atoms with van der Waals surface area (Å²) in [4.78, 5) is 33.1. The van der Waals surface area contributed by atoms with Crippen molar-refractivity contribution in [3.8, 4) is 0 Å². The van der Waals surface area contributed by atoms with E-state index < -0.39 is 0 Å². The van der Waals surface area contributed by atoms with E-state index in [1.165, 1.54) is 0 Å². The van der Waals surface area contributed by atoms with E-state index in [-0.39, 0.29) is 17.2 Å². The number of benzene rings is 3. The van der Waals surface area contributed by atoms with Gasteiger partial charge in [0.1, 0.15) is 0 Å². The normalized spacial score (nSPS) is 11.4. The number of aromatic amines is 1. The Hall–Kier alpha value is -3.36. The Labute approximate surface area is 229 Å². The summed E-state index contributed by atoms with van der Waals surface area (Å²) in [6.07, 6.45) is 1.56. The Morgan fingerprint density at radius 1 is 1.03 bits per heavy atom. The van der Waals surface area contributed by atoms with Gasteiger partial charge in [0.25, 0.3) is 5.91 Å². The van der Waals surface area contributed by atoms with Gasteiger partial charge in [-0.15, -0.1) is 0 Å². The molecule has 4 N–H and O–H groups in total. The number of carbonyl (C=O) groups excluding carboxylic acids is 2. The monoisotopic (exact) mass is 581 g/mol. The highest BCUT2D eigenvalue weighted by Gasteiger charge is 2.28. The quantitative estimate of drug-likeness (QED) is 0.165. The van der Waals surface area contributed by atoms with Crippen molar-refractivity contribution in [1.82, 2.24) is 15.3 Å². The number of rotatable bonds is 9. The number of halogens is 2. The number of amides is 2. The van der Waals surface area contributed by atoms with E-state index in [2.05, 4.69) is 41.8 Å². The molecule has 0 saturated heterocycles. The summed E-state index contributed by atoms with van der Waals surface area (Å²) in [6, 6.07) is 18.2. The second-order valence-electron chi connectivity index (χ2n) is 9.17. The Kier molecular flexibility index (Phi) is 8.19. The van der Waals surface area contributed by atoms with E-state index in [0.29, 0.717) is 45.5 Å². The predicted octanol–water partition coefficient (Wildman–Crippen LogP) is 7.42. The van der Waals surface area contributed by atoms with Gasteiger partial charge in [-0.05, 0) is 73.0 Å². The zero-order valence-electron chi connectivity index (χ0n) is 20.9. The molecular weight excluding hydrogens is 554 g/mol. The van der Waals surface area contributed by atoms with Crippen molar-refractivity contribution in [1.29, 1.82) is 0 Å². The van der Waals surface area contributed by atoms with Gasteiger partial charge in [-0.2, -0.15) is 0 Å². The zero-order valence-corrected chi connectivity index (χ0v) is 23.3. The largest absolute Gasteiger partial charge is 0.352 e. The number of H-pyrrole nitrogens is 1. The minimum absolute atomic E-state index is 0.0409. The highest BCUT2D eigenvalue weighted by Crippen LogP contribution is 2.28. The Bertz CT molecular complexity index is 1430. The standard InChI is InChI=1S/C28H29BrClN5O2/c1-4-28(3,5-2)26(37)31-16-17-6-12-21(30)23(14-17)34-27-33-22-13-7-18(15-24(22)35-27)25(36)32-20-10-8-19(29)9-11-20/h6-15H,4-5,16H2,1-3H3,(H,31,37)(H,32,36)(H2,33,34,35). The Morgan fingerprint density at radius 2 is 1.76 bits per heavy atom. The van der Waals surface area contributed by atoms with Crippen LogP contribution >= 0.6 is 27.5 Å². The molecule has 0 aliphatic heterocycles. The molecule has 1 heterocycles. The molecule has 4 rings (SSSR count). The second-order valence-corrected chi connectivity index (χ2v) is 10.5. The van der Waals surface area contributed by atoms with Gasteiger partial charge in [0, 0.05) is 27.7 Å². The van der Waals surface area contributed by atoms with Crippen LogP contribution in [0.15, 0.2) is 65.1 Å². The number of nitrogens with one attached hydrogen (secondary N) is 4. The van der Waals surface area contributed by atoms with Crippen molar-refractivity contribution in [3.63, 3.8) is 0 Å². The maximum Gasteiger partial charge on any atom is 0.255 e. The maximum atomic E-state index is 12.7. The van der Waals surface area contributed by atoms with Gasteiger partial charge >= 0.3 is 0 Å². The summed E-state index contributed by atoms with van der Waals surface area (Å²) in [5.41, 5.74) is 3.83. The topological polar surface area (TPSA) is 98.9 Å². The number of carbonyl (C=O) groups is 2. The van der Waals surface area contributed by atoms with Crippen LogP contribution < -0.4 is 16.0 Å². The van der Waals surface area contributed by atoms with Crippen LogP contribution in [-0.4, -0.2) is 21.8 Å². The van der Waals surface area contributed by atoms with Crippen LogP contribution in [0.2, 0.25) is 5.02 Å². The second kappa shape index (κ2) is 11.4. The first kappa shape index (κ1) is 26.7. The molecule has 0 bridgehead atoms. The van der Waals surface area contributed by atoms with E-state index in [1.54, 1.807) is 24.3 Å². The first-order valence-electron chi connectivity index (χ1n) is 12.1. The summed E-state index contributed by atoms with van der Waals surface area (Å²) >= 11 is 9.82. The molecule has 0 spiro atoms. The molecule has 0 unspecified atom stereocenters. The average Bonchev–Trinajstić information content (AvgIpc) is 3.31. The molecule has 0 fully saturated rings. The molecule has 1 aromatic heterocycles. The lowest BCUT2D eigenvalue weighted by atomic mass is 9.84. The van der Waals surface area contributed by atoms with Crippen LogP contribution in [0.5, 0.6) is 0 Å². The SMILES string of the molecule is CCC(C)(CC)C(=O)NCc1ccc(Cl)c(Nc2nc3ccc(C(=O)Nc4ccc(Br)cc4)cc3[nH]2)c1. The number of aromatic nitrogens is 2. The first-order chi connectivity index (χ1) is 17.7. The lowest BCUT2D eigenvalue weighted by molar-refractivity contribution is -0.130. The third-order valence-corrected chi connectivity index (χ3v) is 7.55. The van der Waals surface area contributed by atoms with Crippen molar-refractivity contribution < 1.29 is 9.59 Å². The third kappa shape index (κ3) is 6.32. The van der Waals surface area contributed by atoms with Crippen molar-refractivity contribution in [2.24, 2.45) is 5.41 Å². The Balaban J connectivity index is 1.47. The van der Waals surface area contributed by atoms with Crippen molar-refractivity contribution in [2.45, 2.75) is 40.2 Å². The van der Waals surface area contributed by atoms with Crippen LogP contribution in [0.3, 0.4) is 0 Å². The van der Waals surface area contributed by atoms with Crippen LogP contribution in [0.1, 0.15) is 49.5 Å². The number of hydrogen-bond acceptors (Lipinski definition) is 4. The highest BCUT2D eigenvalue weighted by atomic mass is 79.9. The third-order valence-electron chi connectivity index (χ3n) is 6.69. The number of anilines is 3. The maximum absolute atomic E-state index is 12.7. The van der Waals surface area contributed by atoms with Crippen LogP contribution in [-0.2, 0) is 11.3 Å². The Morgan fingerprint density at radius 3 is 2.46 bits per heavy atom. The summed E-state index contributed by atoms with van der Waals surface area (Å²) in [5, 5.41) is 9.67. The smallest absolute Gasteiger partial charge is 0.255 e. The molecule has 0 saturated carbocycles. The molecule has 3 aromatic carbocycles. The number of hydrogen-bond donors (Lipinski definition) is 4. The van der Waals surface area contributed by atoms with Crippen LogP contribution in [0.25, 0.3) is 11.0 Å². The number of nitrogens with zero attached hydrogens (tertiary/aromatic N) is 1. The van der Waals surface area contributed by atoms with Crippen molar-refractivity contribution in [2.75, 3.05) is 10.6 Å². The van der Waals surface area contributed by atoms with E-state index in [4.69, 9.17) is 11.6 Å². The molecule has 0 radical (unpaired) electrons. The molecule has 7 nitrogen and oxygen atoms in total. The summed E-state index contributed by atoms with van der Waals surface area (Å²) in [5.74, 6) is 0.320. The minimum Gasteiger partial charge on any atom is -0.352 e. The fourth-order valence-electron chi connectivity index (χ4n) is 3.82. The lowest BCUT2D eigenvalue weighted by Crippen LogP contribution is -2.37. The fourth-order valence-corrected chi connectivity index (χ4v) is 4.25. The zero-order chi connectivity index (χ0) is 26.6. The molecule has 0 aliphatic carbocycles. The van der Waals surface area contributed by atoms with Gasteiger partial charge in [0.15, 0.2) is 0 Å². The van der Waals surface area contributed by atoms with E-state index >= 15 is 0 Å². The summed E-state index contributed by atoms with van der Waals surface area (Å²) in [6.45, 7) is 6.43. The van der Waals surface area contributed by atoms with Gasteiger partial charge in [0.05, 0.1) is 21.7 Å². The summed E-state index contributed by atoms with van der Waals surface area (Å²) < 4.78 is 0.941. The van der Waals surface area contributed by atoms with E-state index in [0.717, 1.165) is 22.9 Å². The lowest BCUT2D eigenvalue weighted by Gasteiger charge is -2.25. The molecule has 0 aliphatic rings. The molecule has 4 aromatic rings. The predicted molar refractivity (Wildman–Crippen MR) is 153 cm³/mol. The minimum atomic E-state index is -0.379. The number of fused-ring (bicyclic) bond motifs is 1. The van der Waals surface area contributed by atoms with Crippen molar-refractivity contribution >= 4 is 67.7 Å². The van der Waals surface area contributed by atoms with Crippen LogP contribution in [0, 0.1) is 5.41 Å². The van der Waals surface area contributed by atoms with Gasteiger partial charge in [-0.3, -0.25) is 9.59 Å². The number of imidazole rings is 1. The van der Waals surface area contributed by atoms with Crippen LogP contribution in [0.4, 0.5) is 17.3 Å². The van der Waals surface area contributed by atoms with E-state index in [1.807, 2.05) is 57.2 Å². The molecular formula is C28H29BrClN5O2. The molecule has 2 amide bonds. The molecule has 37 heavy (non-hydrogen) atoms. The first-order valence-corrected chi connectivity index (χ1v) is 13.3.